The number of hydrogen-bond donors (Lipinski definition) is 2. The van der Waals surface area contributed by atoms with E-state index >= 15 is 0 Å². The van der Waals surface area contributed by atoms with Crippen molar-refractivity contribution in [1.82, 2.24) is 20.6 Å². The van der Waals surface area contributed by atoms with Gasteiger partial charge in [-0.15, -0.1) is 0 Å². The molecule has 1 atom stereocenters. The number of rotatable bonds is 6. The minimum absolute atomic E-state index is 0.132. The predicted molar refractivity (Wildman–Crippen MR) is 119 cm³/mol. The Bertz CT molecular complexity index is 1060. The zero-order valence-electron chi connectivity index (χ0n) is 17.6. The molecule has 0 bridgehead atoms. The third kappa shape index (κ3) is 5.48. The van der Waals surface area contributed by atoms with Crippen LogP contribution in [0.2, 0.25) is 0 Å². The van der Waals surface area contributed by atoms with Gasteiger partial charge in [0.2, 0.25) is 5.88 Å². The molecular formula is C23H24F2N6O. The summed E-state index contributed by atoms with van der Waals surface area (Å²) in [5, 5.41) is 6.64. The molecular weight excluding hydrogens is 414 g/mol. The van der Waals surface area contributed by atoms with Gasteiger partial charge in [-0.2, -0.15) is 0 Å². The molecule has 1 aromatic carbocycles. The third-order valence-corrected chi connectivity index (χ3v) is 5.08. The second-order valence-electron chi connectivity index (χ2n) is 7.37. The van der Waals surface area contributed by atoms with Gasteiger partial charge in [0.25, 0.3) is 0 Å². The Morgan fingerprint density at radius 2 is 2.00 bits per heavy atom. The van der Waals surface area contributed by atoms with Gasteiger partial charge >= 0.3 is 0 Å². The fourth-order valence-corrected chi connectivity index (χ4v) is 3.45. The zero-order valence-corrected chi connectivity index (χ0v) is 17.6. The summed E-state index contributed by atoms with van der Waals surface area (Å²) in [4.78, 5) is 14.6. The lowest BCUT2D eigenvalue weighted by atomic mass is 10.2. The quantitative estimate of drug-likeness (QED) is 0.453. The van der Waals surface area contributed by atoms with Crippen LogP contribution in [0.25, 0.3) is 0 Å². The number of nitrogens with zero attached hydrogens (tertiary/aromatic N) is 4. The van der Waals surface area contributed by atoms with Gasteiger partial charge in [0.05, 0.1) is 0 Å². The molecule has 1 unspecified atom stereocenters. The maximum absolute atomic E-state index is 14.0. The lowest BCUT2D eigenvalue weighted by Gasteiger charge is -2.20. The molecule has 9 heteroatoms. The highest BCUT2D eigenvalue weighted by molar-refractivity contribution is 5.80. The molecule has 2 aromatic heterocycles. The van der Waals surface area contributed by atoms with Crippen LogP contribution in [-0.2, 0) is 6.54 Å². The van der Waals surface area contributed by atoms with Crippen molar-refractivity contribution in [3.8, 4) is 11.6 Å². The summed E-state index contributed by atoms with van der Waals surface area (Å²) >= 11 is 0. The van der Waals surface area contributed by atoms with E-state index in [9.17, 15) is 8.78 Å². The van der Waals surface area contributed by atoms with Crippen LogP contribution in [0.1, 0.15) is 12.0 Å². The van der Waals surface area contributed by atoms with Crippen molar-refractivity contribution in [2.45, 2.75) is 19.0 Å². The number of benzene rings is 1. The van der Waals surface area contributed by atoms with Crippen LogP contribution in [0.4, 0.5) is 14.6 Å². The van der Waals surface area contributed by atoms with E-state index in [-0.39, 0.29) is 17.7 Å². The molecule has 0 amide bonds. The Kier molecular flexibility index (Phi) is 6.74. The van der Waals surface area contributed by atoms with Gasteiger partial charge in [-0.05, 0) is 48.4 Å². The van der Waals surface area contributed by atoms with Crippen molar-refractivity contribution in [1.29, 1.82) is 0 Å². The van der Waals surface area contributed by atoms with E-state index in [0.717, 1.165) is 18.5 Å². The van der Waals surface area contributed by atoms with Crippen molar-refractivity contribution in [2.24, 2.45) is 4.99 Å². The lowest BCUT2D eigenvalue weighted by Crippen LogP contribution is -2.44. The van der Waals surface area contributed by atoms with Gasteiger partial charge in [-0.3, -0.25) is 4.99 Å². The predicted octanol–water partition coefficient (Wildman–Crippen LogP) is 3.49. The number of ether oxygens (including phenoxy) is 1. The first-order chi connectivity index (χ1) is 15.6. The van der Waals surface area contributed by atoms with E-state index in [1.54, 1.807) is 43.7 Å². The Labute approximate surface area is 185 Å². The molecule has 3 heterocycles. The fraction of sp³-hybridized carbons (Fsp3) is 0.261. The van der Waals surface area contributed by atoms with E-state index in [2.05, 4.69) is 25.6 Å². The maximum atomic E-state index is 14.0. The van der Waals surface area contributed by atoms with Crippen LogP contribution >= 0.6 is 0 Å². The number of hydrogen-bond acceptors (Lipinski definition) is 5. The van der Waals surface area contributed by atoms with Gasteiger partial charge in [-0.25, -0.2) is 18.7 Å². The normalized spacial score (nSPS) is 16.2. The summed E-state index contributed by atoms with van der Waals surface area (Å²) in [5.41, 5.74) is 0.947. The molecule has 0 radical (unpaired) electrons. The fourth-order valence-electron chi connectivity index (χ4n) is 3.45. The third-order valence-electron chi connectivity index (χ3n) is 5.08. The standard InChI is InChI=1S/C23H24F2N6O/c1-26-23(30-18-10-12-31(15-18)22-20(25)3-2-11-27-22)29-14-16-4-9-21(28-13-16)32-19-7-5-17(24)6-8-19/h2-9,11,13,18H,10,12,14-15H2,1H3,(H2,26,29,30). The summed E-state index contributed by atoms with van der Waals surface area (Å²) in [6, 6.07) is 12.6. The first kappa shape index (κ1) is 21.5. The van der Waals surface area contributed by atoms with Gasteiger partial charge in [0.1, 0.15) is 11.6 Å². The van der Waals surface area contributed by atoms with E-state index < -0.39 is 0 Å². The highest BCUT2D eigenvalue weighted by atomic mass is 19.1. The van der Waals surface area contributed by atoms with Crippen LogP contribution in [-0.4, -0.2) is 42.1 Å². The average molecular weight is 438 g/mol. The number of halogens is 2. The van der Waals surface area contributed by atoms with Gasteiger partial charge in [0, 0.05) is 51.2 Å². The Morgan fingerprint density at radius 3 is 2.72 bits per heavy atom. The molecule has 32 heavy (non-hydrogen) atoms. The van der Waals surface area contributed by atoms with Gasteiger partial charge in [0.15, 0.2) is 17.6 Å². The summed E-state index contributed by atoms with van der Waals surface area (Å²) < 4.78 is 32.6. The first-order valence-corrected chi connectivity index (χ1v) is 10.3. The van der Waals surface area contributed by atoms with E-state index in [1.165, 1.54) is 18.2 Å². The topological polar surface area (TPSA) is 74.7 Å². The number of nitrogens with one attached hydrogen (secondary N) is 2. The molecule has 1 aliphatic heterocycles. The van der Waals surface area contributed by atoms with E-state index in [4.69, 9.17) is 4.74 Å². The highest BCUT2D eigenvalue weighted by Crippen LogP contribution is 2.21. The van der Waals surface area contributed by atoms with Crippen molar-refractivity contribution in [2.75, 3.05) is 25.0 Å². The van der Waals surface area contributed by atoms with Crippen LogP contribution in [0.5, 0.6) is 11.6 Å². The minimum atomic E-state index is -0.317. The average Bonchev–Trinajstić information content (AvgIpc) is 3.27. The summed E-state index contributed by atoms with van der Waals surface area (Å²) in [6.07, 6.45) is 4.16. The van der Waals surface area contributed by atoms with Gasteiger partial charge in [-0.1, -0.05) is 6.07 Å². The lowest BCUT2D eigenvalue weighted by molar-refractivity contribution is 0.461. The van der Waals surface area contributed by atoms with Gasteiger partial charge < -0.3 is 20.3 Å². The molecule has 3 aromatic rings. The summed E-state index contributed by atoms with van der Waals surface area (Å²) in [6.45, 7) is 1.89. The number of guanidine groups is 1. The second kappa shape index (κ2) is 10.0. The maximum Gasteiger partial charge on any atom is 0.219 e. The Balaban J connectivity index is 1.26. The molecule has 0 saturated carbocycles. The van der Waals surface area contributed by atoms with E-state index in [0.29, 0.717) is 36.5 Å². The molecule has 1 aliphatic rings. The molecule has 1 saturated heterocycles. The number of anilines is 1. The summed E-state index contributed by atoms with van der Waals surface area (Å²) in [7, 11) is 1.71. The van der Waals surface area contributed by atoms with E-state index in [1.807, 2.05) is 11.0 Å². The van der Waals surface area contributed by atoms with Crippen LogP contribution in [0.3, 0.4) is 0 Å². The molecule has 4 rings (SSSR count). The van der Waals surface area contributed by atoms with Crippen LogP contribution in [0.15, 0.2) is 65.9 Å². The van der Waals surface area contributed by atoms with Crippen LogP contribution < -0.4 is 20.3 Å². The first-order valence-electron chi connectivity index (χ1n) is 10.3. The Hall–Kier alpha value is -3.75. The molecule has 166 valence electrons. The smallest absolute Gasteiger partial charge is 0.219 e. The number of aromatic nitrogens is 2. The molecule has 7 nitrogen and oxygen atoms in total. The monoisotopic (exact) mass is 438 g/mol. The Morgan fingerprint density at radius 1 is 1.16 bits per heavy atom. The SMILES string of the molecule is CN=C(NCc1ccc(Oc2ccc(F)cc2)nc1)NC1CCN(c2ncccc2F)C1. The van der Waals surface area contributed by atoms with Crippen molar-refractivity contribution in [3.63, 3.8) is 0 Å². The molecule has 1 fully saturated rings. The molecule has 2 N–H and O–H groups in total. The van der Waals surface area contributed by atoms with Crippen molar-refractivity contribution < 1.29 is 13.5 Å². The zero-order chi connectivity index (χ0) is 22.3. The highest BCUT2D eigenvalue weighted by Gasteiger charge is 2.25. The number of pyridine rings is 2. The van der Waals surface area contributed by atoms with Crippen LogP contribution in [0, 0.1) is 11.6 Å². The largest absolute Gasteiger partial charge is 0.439 e. The number of aliphatic imine (C=N–C) groups is 1. The summed E-state index contributed by atoms with van der Waals surface area (Å²) in [5.74, 6) is 1.36. The molecule has 0 aliphatic carbocycles. The second-order valence-corrected chi connectivity index (χ2v) is 7.37. The minimum Gasteiger partial charge on any atom is -0.439 e. The van der Waals surface area contributed by atoms with Crippen molar-refractivity contribution >= 4 is 11.8 Å². The molecule has 0 spiro atoms. The van der Waals surface area contributed by atoms with Crippen molar-refractivity contribution in [3.05, 3.63) is 78.1 Å².